The number of ether oxygens (including phenoxy) is 3. The Morgan fingerprint density at radius 1 is 0.893 bits per heavy atom. The van der Waals surface area contributed by atoms with E-state index >= 15 is 0 Å². The highest BCUT2D eigenvalue weighted by molar-refractivity contribution is 5.77. The molecule has 0 aromatic heterocycles. The van der Waals surface area contributed by atoms with Gasteiger partial charge in [-0.2, -0.15) is 0 Å². The fraction of sp³-hybridized carbons (Fsp3) is 0.905. The number of carboxylic acid groups (broad SMARTS) is 1. The summed E-state index contributed by atoms with van der Waals surface area (Å²) >= 11 is 0. The van der Waals surface area contributed by atoms with Gasteiger partial charge in [0.05, 0.1) is 33.0 Å². The highest BCUT2D eigenvalue weighted by Gasteiger charge is 2.74. The molecule has 28 heavy (non-hydrogen) atoms. The molecule has 2 N–H and O–H groups in total. The van der Waals surface area contributed by atoms with Crippen LogP contribution in [-0.4, -0.2) is 63.2 Å². The number of aliphatic carboxylic acids is 1. The zero-order valence-electron chi connectivity index (χ0n) is 16.6. The molecule has 4 fully saturated rings. The summed E-state index contributed by atoms with van der Waals surface area (Å²) in [6, 6.07) is 0. The summed E-state index contributed by atoms with van der Waals surface area (Å²) in [5.41, 5.74) is 0.842. The predicted octanol–water partition coefficient (Wildman–Crippen LogP) is 1.84. The quantitative estimate of drug-likeness (QED) is 0.462. The van der Waals surface area contributed by atoms with E-state index in [2.05, 4.69) is 5.32 Å². The average molecular weight is 395 g/mol. The Labute approximate surface area is 166 Å². The van der Waals surface area contributed by atoms with Gasteiger partial charge in [-0.05, 0) is 67.1 Å². The molecule has 5 unspecified atom stereocenters. The second kappa shape index (κ2) is 8.28. The molecular weight excluding hydrogens is 362 g/mol. The number of carbonyl (C=O) groups excluding carboxylic acids is 1. The summed E-state index contributed by atoms with van der Waals surface area (Å²) in [7, 11) is 0. The van der Waals surface area contributed by atoms with Crippen molar-refractivity contribution >= 4 is 11.9 Å². The molecule has 5 atom stereocenters. The molecule has 4 aliphatic carbocycles. The zero-order chi connectivity index (χ0) is 19.6. The molecule has 0 aromatic rings. The van der Waals surface area contributed by atoms with Gasteiger partial charge in [-0.15, -0.1) is 0 Å². The minimum absolute atomic E-state index is 0.194. The molecule has 4 saturated carbocycles. The molecule has 1 amide bonds. The van der Waals surface area contributed by atoms with Crippen molar-refractivity contribution in [3.05, 3.63) is 0 Å². The van der Waals surface area contributed by atoms with Crippen LogP contribution in [0.1, 0.15) is 44.9 Å². The first-order valence-electron chi connectivity index (χ1n) is 10.7. The Hall–Kier alpha value is -1.18. The maximum atomic E-state index is 12.5. The SMILES string of the molecule is O=C(O)COCCOCCOCCNC(=O)CC12CC3CC4CC(C1)C2(C4)C3. The Balaban J connectivity index is 1.04. The van der Waals surface area contributed by atoms with Crippen LogP contribution >= 0.6 is 0 Å². The minimum Gasteiger partial charge on any atom is -0.480 e. The molecule has 0 radical (unpaired) electrons. The van der Waals surface area contributed by atoms with E-state index in [0.717, 1.165) is 17.8 Å². The number of carbonyl (C=O) groups is 2. The van der Waals surface area contributed by atoms with Gasteiger partial charge in [0, 0.05) is 13.0 Å². The van der Waals surface area contributed by atoms with E-state index in [1.165, 1.54) is 38.5 Å². The lowest BCUT2D eigenvalue weighted by atomic mass is 9.45. The Bertz CT molecular complexity index is 591. The third-order valence-electron chi connectivity index (χ3n) is 7.78. The van der Waals surface area contributed by atoms with Crippen molar-refractivity contribution in [1.29, 1.82) is 0 Å². The first kappa shape index (κ1) is 20.1. The van der Waals surface area contributed by atoms with Crippen LogP contribution in [0.2, 0.25) is 0 Å². The number of rotatable bonds is 13. The zero-order valence-corrected chi connectivity index (χ0v) is 16.6. The van der Waals surface area contributed by atoms with E-state index in [1.54, 1.807) is 0 Å². The Morgan fingerprint density at radius 2 is 1.61 bits per heavy atom. The molecule has 7 heteroatoms. The summed E-state index contributed by atoms with van der Waals surface area (Å²) in [4.78, 5) is 22.8. The topological polar surface area (TPSA) is 94.1 Å². The fourth-order valence-electron chi connectivity index (χ4n) is 7.13. The van der Waals surface area contributed by atoms with Gasteiger partial charge in [-0.3, -0.25) is 4.79 Å². The van der Waals surface area contributed by atoms with Crippen LogP contribution in [0.5, 0.6) is 0 Å². The maximum absolute atomic E-state index is 12.5. The largest absolute Gasteiger partial charge is 0.480 e. The van der Waals surface area contributed by atoms with Crippen molar-refractivity contribution in [2.75, 3.05) is 46.2 Å². The van der Waals surface area contributed by atoms with Crippen LogP contribution in [0.15, 0.2) is 0 Å². The molecule has 0 aliphatic heterocycles. The molecule has 1 spiro atoms. The van der Waals surface area contributed by atoms with Gasteiger partial charge in [-0.25, -0.2) is 4.79 Å². The normalized spacial score (nSPS) is 36.9. The van der Waals surface area contributed by atoms with Crippen molar-refractivity contribution in [1.82, 2.24) is 5.32 Å². The molecule has 4 aliphatic rings. The third-order valence-corrected chi connectivity index (χ3v) is 7.78. The van der Waals surface area contributed by atoms with Gasteiger partial charge < -0.3 is 24.6 Å². The van der Waals surface area contributed by atoms with E-state index in [4.69, 9.17) is 19.3 Å². The van der Waals surface area contributed by atoms with Gasteiger partial charge in [-0.1, -0.05) is 0 Å². The number of hydrogen-bond donors (Lipinski definition) is 2. The monoisotopic (exact) mass is 395 g/mol. The molecule has 0 aromatic carbocycles. The van der Waals surface area contributed by atoms with Crippen LogP contribution < -0.4 is 5.32 Å². The van der Waals surface area contributed by atoms with Crippen molar-refractivity contribution in [2.24, 2.45) is 28.6 Å². The van der Waals surface area contributed by atoms with Crippen molar-refractivity contribution in [2.45, 2.75) is 44.9 Å². The van der Waals surface area contributed by atoms with Crippen LogP contribution in [0.4, 0.5) is 0 Å². The van der Waals surface area contributed by atoms with Crippen LogP contribution in [0.25, 0.3) is 0 Å². The first-order valence-corrected chi connectivity index (χ1v) is 10.7. The fourth-order valence-corrected chi connectivity index (χ4v) is 7.13. The summed E-state index contributed by atoms with van der Waals surface area (Å²) in [6.45, 7) is 2.21. The van der Waals surface area contributed by atoms with Crippen molar-refractivity contribution in [3.8, 4) is 0 Å². The van der Waals surface area contributed by atoms with E-state index in [0.29, 0.717) is 50.2 Å². The van der Waals surface area contributed by atoms with Crippen LogP contribution in [0, 0.1) is 28.6 Å². The minimum atomic E-state index is -0.981. The number of nitrogens with one attached hydrogen (secondary N) is 1. The third kappa shape index (κ3) is 3.81. The molecule has 7 nitrogen and oxygen atoms in total. The number of hydrogen-bond acceptors (Lipinski definition) is 5. The number of amides is 1. The van der Waals surface area contributed by atoms with Gasteiger partial charge >= 0.3 is 5.97 Å². The Morgan fingerprint density at radius 3 is 2.39 bits per heavy atom. The predicted molar refractivity (Wildman–Crippen MR) is 101 cm³/mol. The van der Waals surface area contributed by atoms with Crippen molar-refractivity contribution < 1.29 is 28.9 Å². The van der Waals surface area contributed by atoms with E-state index in [-0.39, 0.29) is 19.1 Å². The lowest BCUT2D eigenvalue weighted by molar-refractivity contribution is -0.143. The van der Waals surface area contributed by atoms with Crippen molar-refractivity contribution in [3.63, 3.8) is 0 Å². The summed E-state index contributed by atoms with van der Waals surface area (Å²) < 4.78 is 15.6. The lowest BCUT2D eigenvalue weighted by Crippen LogP contribution is -2.54. The summed E-state index contributed by atoms with van der Waals surface area (Å²) in [5, 5.41) is 11.5. The first-order chi connectivity index (χ1) is 13.5. The summed E-state index contributed by atoms with van der Waals surface area (Å²) in [5.74, 6) is 1.97. The van der Waals surface area contributed by atoms with E-state index in [1.807, 2.05) is 0 Å². The molecular formula is C21H33NO6. The lowest BCUT2D eigenvalue weighted by Gasteiger charge is -2.59. The van der Waals surface area contributed by atoms with E-state index < -0.39 is 5.97 Å². The Kier molecular flexibility index (Phi) is 5.95. The summed E-state index contributed by atoms with van der Waals surface area (Å²) in [6.07, 6.45) is 8.93. The van der Waals surface area contributed by atoms with Gasteiger partial charge in [0.2, 0.25) is 5.91 Å². The molecule has 0 heterocycles. The molecule has 3 bridgehead atoms. The number of fused-ring (bicyclic) bond motifs is 2. The van der Waals surface area contributed by atoms with Gasteiger partial charge in [0.25, 0.3) is 0 Å². The maximum Gasteiger partial charge on any atom is 0.329 e. The average Bonchev–Trinajstić information content (AvgIpc) is 2.95. The van der Waals surface area contributed by atoms with E-state index in [9.17, 15) is 9.59 Å². The second-order valence-electron chi connectivity index (χ2n) is 9.35. The van der Waals surface area contributed by atoms with Crippen LogP contribution in [0.3, 0.4) is 0 Å². The molecule has 158 valence electrons. The van der Waals surface area contributed by atoms with Crippen LogP contribution in [-0.2, 0) is 23.8 Å². The second-order valence-corrected chi connectivity index (χ2v) is 9.35. The molecule has 4 rings (SSSR count). The highest BCUT2D eigenvalue weighted by Crippen LogP contribution is 2.82. The standard InChI is InChI=1S/C21H33NO6/c23-18(22-1-2-26-3-4-27-5-6-28-14-19(24)25)13-20-9-16-7-15-8-17(12-20)21(20,10-15)11-16/h15-17H,1-14H2,(H,22,23)(H,24,25). The highest BCUT2D eigenvalue weighted by atomic mass is 16.5. The molecule has 0 saturated heterocycles. The van der Waals surface area contributed by atoms with Gasteiger partial charge in [0.1, 0.15) is 6.61 Å². The van der Waals surface area contributed by atoms with Gasteiger partial charge in [0.15, 0.2) is 0 Å². The number of carboxylic acids is 1. The smallest absolute Gasteiger partial charge is 0.329 e.